The summed E-state index contributed by atoms with van der Waals surface area (Å²) in [5.74, 6) is -1.46. The SMILES string of the molecule is OC(COc1cccc(Cl)c1)c1ccc(F)c(F)c1. The van der Waals surface area contributed by atoms with Crippen molar-refractivity contribution in [3.8, 4) is 5.75 Å². The van der Waals surface area contributed by atoms with Gasteiger partial charge in [-0.05, 0) is 35.9 Å². The van der Waals surface area contributed by atoms with Gasteiger partial charge >= 0.3 is 0 Å². The highest BCUT2D eigenvalue weighted by atomic mass is 35.5. The van der Waals surface area contributed by atoms with Crippen LogP contribution in [0.1, 0.15) is 11.7 Å². The first-order valence-electron chi connectivity index (χ1n) is 5.57. The van der Waals surface area contributed by atoms with E-state index in [-0.39, 0.29) is 12.2 Å². The van der Waals surface area contributed by atoms with Gasteiger partial charge in [0.25, 0.3) is 0 Å². The van der Waals surface area contributed by atoms with Crippen molar-refractivity contribution in [2.45, 2.75) is 6.10 Å². The molecule has 1 unspecified atom stereocenters. The second kappa shape index (κ2) is 5.99. The van der Waals surface area contributed by atoms with Crippen LogP contribution < -0.4 is 4.74 Å². The van der Waals surface area contributed by atoms with Crippen molar-refractivity contribution < 1.29 is 18.6 Å². The van der Waals surface area contributed by atoms with Crippen molar-refractivity contribution in [3.05, 3.63) is 64.7 Å². The van der Waals surface area contributed by atoms with E-state index in [2.05, 4.69) is 0 Å². The number of aliphatic hydroxyl groups excluding tert-OH is 1. The lowest BCUT2D eigenvalue weighted by atomic mass is 10.1. The molecule has 0 aliphatic rings. The number of ether oxygens (including phenoxy) is 1. The molecule has 0 aliphatic carbocycles. The van der Waals surface area contributed by atoms with Gasteiger partial charge in [-0.3, -0.25) is 0 Å². The average molecular weight is 285 g/mol. The monoisotopic (exact) mass is 284 g/mol. The minimum atomic E-state index is -1.05. The maximum atomic E-state index is 13.0. The molecule has 2 rings (SSSR count). The summed E-state index contributed by atoms with van der Waals surface area (Å²) in [5, 5.41) is 10.3. The zero-order chi connectivity index (χ0) is 13.8. The minimum absolute atomic E-state index is 0.0780. The molecule has 0 amide bonds. The van der Waals surface area contributed by atoms with Crippen molar-refractivity contribution in [1.82, 2.24) is 0 Å². The number of halogens is 3. The Kier molecular flexibility index (Phi) is 4.35. The van der Waals surface area contributed by atoms with Gasteiger partial charge in [0, 0.05) is 5.02 Å². The average Bonchev–Trinajstić information content (AvgIpc) is 2.39. The van der Waals surface area contributed by atoms with E-state index < -0.39 is 17.7 Å². The van der Waals surface area contributed by atoms with Crippen LogP contribution in [0.15, 0.2) is 42.5 Å². The molecule has 0 saturated carbocycles. The van der Waals surface area contributed by atoms with Crippen LogP contribution >= 0.6 is 11.6 Å². The minimum Gasteiger partial charge on any atom is -0.490 e. The first-order valence-corrected chi connectivity index (χ1v) is 5.95. The van der Waals surface area contributed by atoms with Crippen molar-refractivity contribution in [2.24, 2.45) is 0 Å². The molecule has 19 heavy (non-hydrogen) atoms. The Morgan fingerprint density at radius 1 is 1.11 bits per heavy atom. The normalized spacial score (nSPS) is 12.2. The Morgan fingerprint density at radius 2 is 1.89 bits per heavy atom. The highest BCUT2D eigenvalue weighted by Gasteiger charge is 2.11. The molecule has 0 saturated heterocycles. The number of benzene rings is 2. The lowest BCUT2D eigenvalue weighted by Crippen LogP contribution is -2.10. The predicted molar refractivity (Wildman–Crippen MR) is 68.3 cm³/mol. The second-order valence-electron chi connectivity index (χ2n) is 3.96. The third-order valence-electron chi connectivity index (χ3n) is 2.53. The summed E-state index contributed by atoms with van der Waals surface area (Å²) in [6, 6.07) is 9.91. The summed E-state index contributed by atoms with van der Waals surface area (Å²) in [7, 11) is 0. The van der Waals surface area contributed by atoms with Crippen LogP contribution in [0.25, 0.3) is 0 Å². The van der Waals surface area contributed by atoms with Crippen LogP contribution in [0, 0.1) is 11.6 Å². The van der Waals surface area contributed by atoms with Gasteiger partial charge in [0.1, 0.15) is 18.5 Å². The van der Waals surface area contributed by atoms with E-state index in [0.717, 1.165) is 12.1 Å². The van der Waals surface area contributed by atoms with Crippen molar-refractivity contribution in [2.75, 3.05) is 6.61 Å². The van der Waals surface area contributed by atoms with E-state index in [9.17, 15) is 13.9 Å². The molecule has 1 N–H and O–H groups in total. The first-order chi connectivity index (χ1) is 9.06. The summed E-state index contributed by atoms with van der Waals surface area (Å²) in [6.07, 6.45) is -1.05. The topological polar surface area (TPSA) is 29.5 Å². The van der Waals surface area contributed by atoms with Gasteiger partial charge in [-0.1, -0.05) is 23.7 Å². The van der Waals surface area contributed by atoms with E-state index in [0.29, 0.717) is 10.8 Å². The van der Waals surface area contributed by atoms with Crippen LogP contribution in [-0.2, 0) is 0 Å². The number of rotatable bonds is 4. The van der Waals surface area contributed by atoms with Crippen LogP contribution in [0.5, 0.6) is 5.75 Å². The fraction of sp³-hybridized carbons (Fsp3) is 0.143. The van der Waals surface area contributed by atoms with Gasteiger partial charge in [0.2, 0.25) is 0 Å². The molecule has 0 fully saturated rings. The third-order valence-corrected chi connectivity index (χ3v) is 2.77. The van der Waals surface area contributed by atoms with E-state index in [1.165, 1.54) is 6.07 Å². The van der Waals surface area contributed by atoms with Crippen molar-refractivity contribution in [1.29, 1.82) is 0 Å². The standard InChI is InChI=1S/C14H11ClF2O2/c15-10-2-1-3-11(7-10)19-8-14(18)9-4-5-12(16)13(17)6-9/h1-7,14,18H,8H2. The summed E-state index contributed by atoms with van der Waals surface area (Å²) in [4.78, 5) is 0. The third kappa shape index (κ3) is 3.66. The lowest BCUT2D eigenvalue weighted by Gasteiger charge is -2.13. The van der Waals surface area contributed by atoms with Crippen LogP contribution in [0.4, 0.5) is 8.78 Å². The molecular weight excluding hydrogens is 274 g/mol. The predicted octanol–water partition coefficient (Wildman–Crippen LogP) is 3.73. The number of hydrogen-bond acceptors (Lipinski definition) is 2. The van der Waals surface area contributed by atoms with E-state index in [1.54, 1.807) is 24.3 Å². The van der Waals surface area contributed by atoms with E-state index in [4.69, 9.17) is 16.3 Å². The van der Waals surface area contributed by atoms with Gasteiger partial charge in [0.05, 0.1) is 0 Å². The maximum absolute atomic E-state index is 13.0. The Morgan fingerprint density at radius 3 is 2.58 bits per heavy atom. The summed E-state index contributed by atoms with van der Waals surface area (Å²) in [6.45, 7) is -0.0780. The van der Waals surface area contributed by atoms with E-state index >= 15 is 0 Å². The van der Waals surface area contributed by atoms with Gasteiger partial charge in [-0.25, -0.2) is 8.78 Å². The Balaban J connectivity index is 2.01. The highest BCUT2D eigenvalue weighted by molar-refractivity contribution is 6.30. The molecule has 0 aliphatic heterocycles. The van der Waals surface area contributed by atoms with Crippen LogP contribution in [0.3, 0.4) is 0 Å². The number of hydrogen-bond donors (Lipinski definition) is 1. The van der Waals surface area contributed by atoms with E-state index in [1.807, 2.05) is 0 Å². The fourth-order valence-corrected chi connectivity index (χ4v) is 1.73. The maximum Gasteiger partial charge on any atom is 0.159 e. The largest absolute Gasteiger partial charge is 0.490 e. The first kappa shape index (κ1) is 13.8. The quantitative estimate of drug-likeness (QED) is 0.927. The zero-order valence-electron chi connectivity index (χ0n) is 9.82. The molecule has 2 aromatic carbocycles. The van der Waals surface area contributed by atoms with Gasteiger partial charge < -0.3 is 9.84 Å². The molecule has 1 atom stereocenters. The Labute approximate surface area is 114 Å². The second-order valence-corrected chi connectivity index (χ2v) is 4.39. The summed E-state index contributed by atoms with van der Waals surface area (Å²) >= 11 is 5.78. The molecule has 0 bridgehead atoms. The summed E-state index contributed by atoms with van der Waals surface area (Å²) in [5.41, 5.74) is 0.251. The molecule has 0 spiro atoms. The summed E-state index contributed by atoms with van der Waals surface area (Å²) < 4.78 is 31.1. The highest BCUT2D eigenvalue weighted by Crippen LogP contribution is 2.20. The van der Waals surface area contributed by atoms with Gasteiger partial charge in [-0.15, -0.1) is 0 Å². The lowest BCUT2D eigenvalue weighted by molar-refractivity contribution is 0.108. The molecule has 2 nitrogen and oxygen atoms in total. The Bertz CT molecular complexity index is 575. The molecule has 0 aromatic heterocycles. The van der Waals surface area contributed by atoms with Gasteiger partial charge in [0.15, 0.2) is 11.6 Å². The molecule has 100 valence electrons. The van der Waals surface area contributed by atoms with Crippen LogP contribution in [0.2, 0.25) is 5.02 Å². The molecule has 0 radical (unpaired) electrons. The molecular formula is C14H11ClF2O2. The molecule has 2 aromatic rings. The number of aliphatic hydroxyl groups is 1. The zero-order valence-corrected chi connectivity index (χ0v) is 10.6. The van der Waals surface area contributed by atoms with Crippen LogP contribution in [-0.4, -0.2) is 11.7 Å². The fourth-order valence-electron chi connectivity index (χ4n) is 1.55. The van der Waals surface area contributed by atoms with Crippen molar-refractivity contribution in [3.63, 3.8) is 0 Å². The molecule has 0 heterocycles. The Hall–Kier alpha value is -1.65. The molecule has 5 heteroatoms. The van der Waals surface area contributed by atoms with Gasteiger partial charge in [-0.2, -0.15) is 0 Å². The smallest absolute Gasteiger partial charge is 0.159 e. The van der Waals surface area contributed by atoms with Crippen molar-refractivity contribution >= 4 is 11.6 Å².